The lowest BCUT2D eigenvalue weighted by Crippen LogP contribution is -2.34. The minimum atomic E-state index is 0.385. The topological polar surface area (TPSA) is 50.9 Å². The molecule has 0 aliphatic heterocycles. The van der Waals surface area contributed by atoms with Gasteiger partial charge in [0, 0.05) is 16.4 Å². The number of aromatic nitrogens is 1. The van der Waals surface area contributed by atoms with Crippen molar-refractivity contribution in [1.82, 2.24) is 4.98 Å². The van der Waals surface area contributed by atoms with E-state index in [2.05, 4.69) is 71.3 Å². The predicted octanol–water partition coefficient (Wildman–Crippen LogP) is 5.71. The molecule has 2 atom stereocenters. The van der Waals surface area contributed by atoms with Crippen molar-refractivity contribution in [2.75, 3.05) is 11.1 Å². The molecule has 4 heteroatoms. The van der Waals surface area contributed by atoms with Crippen LogP contribution in [0, 0.1) is 11.3 Å². The van der Waals surface area contributed by atoms with E-state index in [0.29, 0.717) is 22.8 Å². The van der Waals surface area contributed by atoms with Crippen LogP contribution in [0.5, 0.6) is 0 Å². The van der Waals surface area contributed by atoms with Crippen molar-refractivity contribution in [3.63, 3.8) is 0 Å². The highest BCUT2D eigenvalue weighted by molar-refractivity contribution is 9.10. The van der Waals surface area contributed by atoms with Crippen LogP contribution in [0.25, 0.3) is 0 Å². The van der Waals surface area contributed by atoms with Crippen molar-refractivity contribution in [3.05, 3.63) is 46.6 Å². The number of nitrogens with one attached hydrogen (secondary N) is 1. The molecule has 1 fully saturated rings. The molecule has 1 aromatic heterocycles. The molecule has 1 saturated carbocycles. The maximum Gasteiger partial charge on any atom is 0.153 e. The van der Waals surface area contributed by atoms with Crippen LogP contribution >= 0.6 is 15.9 Å². The lowest BCUT2D eigenvalue weighted by molar-refractivity contribution is 0.106. The summed E-state index contributed by atoms with van der Waals surface area (Å²) in [5.41, 5.74) is 9.47. The van der Waals surface area contributed by atoms with Crippen molar-refractivity contribution < 1.29 is 0 Å². The molecule has 1 aliphatic rings. The molecule has 0 saturated heterocycles. The number of nitrogen functional groups attached to an aromatic ring is 1. The highest BCUT2D eigenvalue weighted by Crippen LogP contribution is 2.51. The average molecular weight is 374 g/mol. The second-order valence-electron chi connectivity index (χ2n) is 7.49. The van der Waals surface area contributed by atoms with Crippen LogP contribution in [0.2, 0.25) is 0 Å². The molecule has 2 unspecified atom stereocenters. The highest BCUT2D eigenvalue weighted by atomic mass is 79.9. The first-order valence-electron chi connectivity index (χ1n) is 8.12. The maximum absolute atomic E-state index is 5.99. The average Bonchev–Trinajstić information content (AvgIpc) is 2.41. The molecule has 0 radical (unpaired) electrons. The van der Waals surface area contributed by atoms with Crippen LogP contribution in [-0.2, 0) is 0 Å². The zero-order valence-corrected chi connectivity index (χ0v) is 15.5. The van der Waals surface area contributed by atoms with Gasteiger partial charge in [-0.2, -0.15) is 0 Å². The Balaban J connectivity index is 1.73. The first-order chi connectivity index (χ1) is 10.8. The van der Waals surface area contributed by atoms with Gasteiger partial charge in [0.05, 0.1) is 5.69 Å². The van der Waals surface area contributed by atoms with Crippen molar-refractivity contribution in [3.8, 4) is 0 Å². The number of nitrogens with zero attached hydrogens (tertiary/aromatic N) is 1. The van der Waals surface area contributed by atoms with E-state index in [0.717, 1.165) is 16.1 Å². The molecule has 3 rings (SSSR count). The smallest absolute Gasteiger partial charge is 0.153 e. The lowest BCUT2D eigenvalue weighted by atomic mass is 9.59. The summed E-state index contributed by atoms with van der Waals surface area (Å²) < 4.78 is 0.883. The van der Waals surface area contributed by atoms with Crippen LogP contribution in [-0.4, -0.2) is 4.98 Å². The molecule has 3 N–H and O–H groups in total. The third-order valence-electron chi connectivity index (χ3n) is 4.87. The van der Waals surface area contributed by atoms with Gasteiger partial charge >= 0.3 is 0 Å². The first-order valence-corrected chi connectivity index (χ1v) is 8.92. The second-order valence-corrected chi connectivity index (χ2v) is 8.41. The zero-order chi connectivity index (χ0) is 16.6. The summed E-state index contributed by atoms with van der Waals surface area (Å²) in [5.74, 6) is 2.17. The lowest BCUT2D eigenvalue weighted by Gasteiger charge is -2.45. The third-order valence-corrected chi connectivity index (χ3v) is 5.31. The molecule has 1 heterocycles. The Kier molecular flexibility index (Phi) is 4.37. The van der Waals surface area contributed by atoms with Gasteiger partial charge in [0.2, 0.25) is 0 Å². The molecular formula is C19H24BrN3. The molecular weight excluding hydrogens is 350 g/mol. The zero-order valence-electron chi connectivity index (χ0n) is 13.9. The molecule has 3 nitrogen and oxygen atoms in total. The van der Waals surface area contributed by atoms with E-state index in [4.69, 9.17) is 5.73 Å². The van der Waals surface area contributed by atoms with Crippen molar-refractivity contribution in [1.29, 1.82) is 0 Å². The van der Waals surface area contributed by atoms with E-state index in [1.165, 1.54) is 18.4 Å². The minimum Gasteiger partial charge on any atom is -0.396 e. The van der Waals surface area contributed by atoms with E-state index in [9.17, 15) is 0 Å². The number of pyridine rings is 1. The fraction of sp³-hybridized carbons (Fsp3) is 0.421. The summed E-state index contributed by atoms with van der Waals surface area (Å²) in [6.45, 7) is 7.05. The summed E-state index contributed by atoms with van der Waals surface area (Å²) >= 11 is 3.37. The third kappa shape index (κ3) is 3.52. The normalized spacial score (nSPS) is 20.9. The highest BCUT2D eigenvalue weighted by Gasteiger charge is 2.39. The number of anilines is 3. The number of halogens is 1. The van der Waals surface area contributed by atoms with Crippen molar-refractivity contribution >= 4 is 33.1 Å². The van der Waals surface area contributed by atoms with Crippen LogP contribution in [0.15, 0.2) is 41.0 Å². The summed E-state index contributed by atoms with van der Waals surface area (Å²) in [6.07, 6.45) is 4.39. The first kappa shape index (κ1) is 16.3. The summed E-state index contributed by atoms with van der Waals surface area (Å²) in [4.78, 5) is 4.32. The number of rotatable bonds is 3. The molecule has 0 bridgehead atoms. The van der Waals surface area contributed by atoms with E-state index in [1.807, 2.05) is 6.07 Å². The second kappa shape index (κ2) is 6.16. The van der Waals surface area contributed by atoms with E-state index < -0.39 is 0 Å². The van der Waals surface area contributed by atoms with E-state index in [1.54, 1.807) is 6.20 Å². The number of hydrogen-bond acceptors (Lipinski definition) is 3. The Morgan fingerprint density at radius 2 is 1.87 bits per heavy atom. The van der Waals surface area contributed by atoms with Crippen LogP contribution in [0.3, 0.4) is 0 Å². The van der Waals surface area contributed by atoms with Gasteiger partial charge in [-0.1, -0.05) is 32.9 Å². The predicted molar refractivity (Wildman–Crippen MR) is 101 cm³/mol. The largest absolute Gasteiger partial charge is 0.396 e. The Labute approximate surface area is 146 Å². The Morgan fingerprint density at radius 1 is 1.17 bits per heavy atom. The Hall–Kier alpha value is -1.55. The standard InChI is InChI=1S/C19H24BrN3/c1-19(2,3)16-9-8-15(16)12-4-6-14(7-5-12)23-18-17(21)10-13(20)11-22-18/h4-7,10-11,15-16H,8-9,21H2,1-3H3,(H,22,23). The van der Waals surface area contributed by atoms with Gasteiger partial charge in [-0.15, -0.1) is 0 Å². The van der Waals surface area contributed by atoms with Gasteiger partial charge in [-0.05, 0) is 69.8 Å². The SMILES string of the molecule is CC(C)(C)C1CCC1c1ccc(Nc2ncc(Br)cc2N)cc1. The summed E-state index contributed by atoms with van der Waals surface area (Å²) in [5, 5.41) is 3.29. The number of nitrogens with two attached hydrogens (primary N) is 1. The monoisotopic (exact) mass is 373 g/mol. The van der Waals surface area contributed by atoms with Gasteiger partial charge in [0.15, 0.2) is 5.82 Å². The molecule has 1 aromatic carbocycles. The molecule has 2 aromatic rings. The molecule has 0 amide bonds. The molecule has 0 spiro atoms. The van der Waals surface area contributed by atoms with Crippen LogP contribution in [0.1, 0.15) is 45.1 Å². The van der Waals surface area contributed by atoms with E-state index in [-0.39, 0.29) is 0 Å². The molecule has 23 heavy (non-hydrogen) atoms. The van der Waals surface area contributed by atoms with Gasteiger partial charge in [0.25, 0.3) is 0 Å². The molecule has 1 aliphatic carbocycles. The Morgan fingerprint density at radius 3 is 2.39 bits per heavy atom. The van der Waals surface area contributed by atoms with Crippen LogP contribution in [0.4, 0.5) is 17.2 Å². The summed E-state index contributed by atoms with van der Waals surface area (Å²) in [7, 11) is 0. The number of benzene rings is 1. The fourth-order valence-corrected chi connectivity index (χ4v) is 3.79. The quantitative estimate of drug-likeness (QED) is 0.724. The minimum absolute atomic E-state index is 0.385. The van der Waals surface area contributed by atoms with Gasteiger partial charge in [0.1, 0.15) is 0 Å². The fourth-order valence-electron chi connectivity index (χ4n) is 3.45. The van der Waals surface area contributed by atoms with E-state index >= 15 is 0 Å². The van der Waals surface area contributed by atoms with Gasteiger partial charge < -0.3 is 11.1 Å². The number of hydrogen-bond donors (Lipinski definition) is 2. The Bertz CT molecular complexity index is 689. The molecule has 122 valence electrons. The van der Waals surface area contributed by atoms with Crippen molar-refractivity contribution in [2.24, 2.45) is 11.3 Å². The van der Waals surface area contributed by atoms with Crippen LogP contribution < -0.4 is 11.1 Å². The van der Waals surface area contributed by atoms with Gasteiger partial charge in [-0.3, -0.25) is 0 Å². The maximum atomic E-state index is 5.99. The van der Waals surface area contributed by atoms with Crippen molar-refractivity contribution in [2.45, 2.75) is 39.5 Å². The summed E-state index contributed by atoms with van der Waals surface area (Å²) in [6, 6.07) is 10.6. The van der Waals surface area contributed by atoms with Gasteiger partial charge in [-0.25, -0.2) is 4.98 Å².